The van der Waals surface area contributed by atoms with Crippen molar-refractivity contribution in [2.45, 2.75) is 19.8 Å². The molecule has 1 rings (SSSR count). The number of rotatable bonds is 4. The van der Waals surface area contributed by atoms with Gasteiger partial charge in [-0.1, -0.05) is 34.5 Å². The van der Waals surface area contributed by atoms with Crippen LogP contribution in [0.3, 0.4) is 0 Å². The van der Waals surface area contributed by atoms with E-state index >= 15 is 0 Å². The molecule has 1 aromatic rings. The number of esters is 1. The molecule has 0 radical (unpaired) electrons. The monoisotopic (exact) mass is 253 g/mol. The van der Waals surface area contributed by atoms with E-state index in [1.165, 1.54) is 11.3 Å². The molecule has 0 unspecified atom stereocenters. The van der Waals surface area contributed by atoms with E-state index in [1.54, 1.807) is 6.92 Å². The molecule has 0 N–H and O–H groups in total. The standard InChI is InChI=1S/C8H9Cl2NO2S/c1-2-13-6(12)4-3-5-7(9)14-8(10)11-5/h2-4H2,1H3. The van der Waals surface area contributed by atoms with E-state index < -0.39 is 0 Å². The van der Waals surface area contributed by atoms with E-state index in [1.807, 2.05) is 0 Å². The molecule has 0 saturated carbocycles. The first-order valence-corrected chi connectivity index (χ1v) is 5.67. The van der Waals surface area contributed by atoms with Crippen molar-refractivity contribution in [3.05, 3.63) is 14.5 Å². The quantitative estimate of drug-likeness (QED) is 0.775. The smallest absolute Gasteiger partial charge is 0.306 e. The highest BCUT2D eigenvalue weighted by atomic mass is 35.5. The summed E-state index contributed by atoms with van der Waals surface area (Å²) >= 11 is 12.7. The number of hydrogen-bond donors (Lipinski definition) is 0. The zero-order valence-corrected chi connectivity index (χ0v) is 9.88. The Morgan fingerprint density at radius 2 is 2.29 bits per heavy atom. The molecule has 14 heavy (non-hydrogen) atoms. The number of aromatic nitrogens is 1. The molecule has 6 heteroatoms. The molecule has 0 spiro atoms. The summed E-state index contributed by atoms with van der Waals surface area (Å²) in [6.45, 7) is 2.16. The Labute approximate surface area is 96.0 Å². The number of carbonyl (C=O) groups excluding carboxylic acids is 1. The van der Waals surface area contributed by atoms with Gasteiger partial charge in [0.1, 0.15) is 4.34 Å². The zero-order valence-electron chi connectivity index (χ0n) is 7.55. The van der Waals surface area contributed by atoms with Gasteiger partial charge >= 0.3 is 5.97 Å². The predicted octanol–water partition coefficient (Wildman–Crippen LogP) is 2.95. The van der Waals surface area contributed by atoms with Gasteiger partial charge in [-0.2, -0.15) is 0 Å². The summed E-state index contributed by atoms with van der Waals surface area (Å²) in [4.78, 5) is 15.0. The zero-order chi connectivity index (χ0) is 10.6. The molecule has 0 bridgehead atoms. The van der Waals surface area contributed by atoms with Crippen LogP contribution in [0.15, 0.2) is 0 Å². The average Bonchev–Trinajstić information content (AvgIpc) is 2.42. The Kier molecular flexibility index (Phi) is 4.65. The van der Waals surface area contributed by atoms with Gasteiger partial charge in [0.2, 0.25) is 0 Å². The maximum absolute atomic E-state index is 11.0. The van der Waals surface area contributed by atoms with E-state index in [2.05, 4.69) is 4.98 Å². The summed E-state index contributed by atoms with van der Waals surface area (Å²) < 4.78 is 5.71. The molecule has 0 fully saturated rings. The minimum atomic E-state index is -0.243. The van der Waals surface area contributed by atoms with Crippen LogP contribution in [0.25, 0.3) is 0 Å². The Hall–Kier alpha value is -0.320. The second-order valence-electron chi connectivity index (χ2n) is 2.49. The predicted molar refractivity (Wildman–Crippen MR) is 57.1 cm³/mol. The van der Waals surface area contributed by atoms with E-state index in [-0.39, 0.29) is 12.4 Å². The summed E-state index contributed by atoms with van der Waals surface area (Å²) in [5.41, 5.74) is 0.662. The molecule has 0 aromatic carbocycles. The van der Waals surface area contributed by atoms with E-state index in [0.717, 1.165) is 0 Å². The highest BCUT2D eigenvalue weighted by molar-refractivity contribution is 7.19. The maximum atomic E-state index is 11.0. The lowest BCUT2D eigenvalue weighted by Gasteiger charge is -1.99. The van der Waals surface area contributed by atoms with Crippen molar-refractivity contribution >= 4 is 40.5 Å². The van der Waals surface area contributed by atoms with Crippen molar-refractivity contribution in [3.63, 3.8) is 0 Å². The first-order valence-electron chi connectivity index (χ1n) is 4.09. The van der Waals surface area contributed by atoms with Gasteiger partial charge in [0.25, 0.3) is 0 Å². The molecule has 0 saturated heterocycles. The van der Waals surface area contributed by atoms with Crippen molar-refractivity contribution < 1.29 is 9.53 Å². The lowest BCUT2D eigenvalue weighted by Crippen LogP contribution is -2.05. The molecule has 78 valence electrons. The van der Waals surface area contributed by atoms with Gasteiger partial charge in [-0.25, -0.2) is 4.98 Å². The summed E-state index contributed by atoms with van der Waals surface area (Å²) in [5, 5.41) is 0. The lowest BCUT2D eigenvalue weighted by atomic mass is 10.2. The van der Waals surface area contributed by atoms with Crippen LogP contribution in [-0.2, 0) is 16.0 Å². The Bertz CT molecular complexity index is 327. The molecule has 0 aliphatic rings. The van der Waals surface area contributed by atoms with Crippen LogP contribution >= 0.6 is 34.5 Å². The van der Waals surface area contributed by atoms with Gasteiger partial charge in [-0.3, -0.25) is 4.79 Å². The fraction of sp³-hybridized carbons (Fsp3) is 0.500. The highest BCUT2D eigenvalue weighted by Crippen LogP contribution is 2.28. The molecule has 1 heterocycles. The van der Waals surface area contributed by atoms with Gasteiger partial charge < -0.3 is 4.74 Å². The topological polar surface area (TPSA) is 39.2 Å². The van der Waals surface area contributed by atoms with Crippen molar-refractivity contribution in [1.29, 1.82) is 0 Å². The highest BCUT2D eigenvalue weighted by Gasteiger charge is 2.10. The van der Waals surface area contributed by atoms with E-state index in [9.17, 15) is 4.79 Å². The van der Waals surface area contributed by atoms with Crippen LogP contribution in [0, 0.1) is 0 Å². The number of hydrogen-bond acceptors (Lipinski definition) is 4. The molecule has 0 atom stereocenters. The van der Waals surface area contributed by atoms with Gasteiger partial charge in [-0.05, 0) is 6.92 Å². The lowest BCUT2D eigenvalue weighted by molar-refractivity contribution is -0.143. The number of ether oxygens (including phenoxy) is 1. The van der Waals surface area contributed by atoms with E-state index in [0.29, 0.717) is 27.5 Å². The number of halogens is 2. The maximum Gasteiger partial charge on any atom is 0.306 e. The third-order valence-corrected chi connectivity index (χ3v) is 2.93. The van der Waals surface area contributed by atoms with Crippen LogP contribution in [0.4, 0.5) is 0 Å². The molecule has 0 aliphatic carbocycles. The molecule has 0 amide bonds. The SMILES string of the molecule is CCOC(=O)CCc1nc(Cl)sc1Cl. The molecule has 1 aromatic heterocycles. The van der Waals surface area contributed by atoms with Gasteiger partial charge in [0.15, 0.2) is 4.47 Å². The second-order valence-corrected chi connectivity index (χ2v) is 4.68. The summed E-state index contributed by atoms with van der Waals surface area (Å²) in [7, 11) is 0. The fourth-order valence-electron chi connectivity index (χ4n) is 0.914. The molecule has 3 nitrogen and oxygen atoms in total. The van der Waals surface area contributed by atoms with Crippen LogP contribution in [0.1, 0.15) is 19.0 Å². The van der Waals surface area contributed by atoms with Crippen LogP contribution in [-0.4, -0.2) is 17.6 Å². The van der Waals surface area contributed by atoms with E-state index in [4.69, 9.17) is 27.9 Å². The van der Waals surface area contributed by atoms with Crippen molar-refractivity contribution in [3.8, 4) is 0 Å². The summed E-state index contributed by atoms with van der Waals surface area (Å²) in [5.74, 6) is -0.243. The minimum Gasteiger partial charge on any atom is -0.466 e. The van der Waals surface area contributed by atoms with Crippen LogP contribution in [0.2, 0.25) is 8.80 Å². The third-order valence-electron chi connectivity index (χ3n) is 1.49. The van der Waals surface area contributed by atoms with Crippen LogP contribution < -0.4 is 0 Å². The number of nitrogens with zero attached hydrogens (tertiary/aromatic N) is 1. The Morgan fingerprint density at radius 1 is 1.57 bits per heavy atom. The van der Waals surface area contributed by atoms with Crippen molar-refractivity contribution in [1.82, 2.24) is 4.98 Å². The van der Waals surface area contributed by atoms with Gasteiger partial charge in [0, 0.05) is 6.42 Å². The number of carbonyl (C=O) groups is 1. The Balaban J connectivity index is 2.45. The first kappa shape index (κ1) is 11.8. The van der Waals surface area contributed by atoms with Crippen molar-refractivity contribution in [2.24, 2.45) is 0 Å². The van der Waals surface area contributed by atoms with Gasteiger partial charge in [0.05, 0.1) is 18.7 Å². The molecular formula is C8H9Cl2NO2S. The fourth-order valence-corrected chi connectivity index (χ4v) is 2.29. The van der Waals surface area contributed by atoms with Crippen molar-refractivity contribution in [2.75, 3.05) is 6.61 Å². The number of aryl methyl sites for hydroxylation is 1. The second kappa shape index (κ2) is 5.53. The van der Waals surface area contributed by atoms with Gasteiger partial charge in [-0.15, -0.1) is 0 Å². The first-order chi connectivity index (χ1) is 6.63. The Morgan fingerprint density at radius 3 is 2.79 bits per heavy atom. The molecular weight excluding hydrogens is 245 g/mol. The summed E-state index contributed by atoms with van der Waals surface area (Å²) in [6, 6.07) is 0. The largest absolute Gasteiger partial charge is 0.466 e. The number of thiazole rings is 1. The normalized spacial score (nSPS) is 10.2. The third kappa shape index (κ3) is 3.44. The summed E-state index contributed by atoms with van der Waals surface area (Å²) in [6.07, 6.45) is 0.758. The average molecular weight is 254 g/mol. The molecule has 0 aliphatic heterocycles. The van der Waals surface area contributed by atoms with Crippen LogP contribution in [0.5, 0.6) is 0 Å². The minimum absolute atomic E-state index is 0.243.